The zero-order chi connectivity index (χ0) is 21.5. The Kier molecular flexibility index (Phi) is 5.69. The summed E-state index contributed by atoms with van der Waals surface area (Å²) in [6.07, 6.45) is 0. The third-order valence-electron chi connectivity index (χ3n) is 5.56. The second kappa shape index (κ2) is 8.12. The van der Waals surface area contributed by atoms with Gasteiger partial charge in [-0.25, -0.2) is 9.79 Å². The predicted octanol–water partition coefficient (Wildman–Crippen LogP) is 6.15. The topological polar surface area (TPSA) is 41.9 Å². The van der Waals surface area contributed by atoms with E-state index >= 15 is 0 Å². The minimum absolute atomic E-state index is 0.0771. The Morgan fingerprint density at radius 1 is 1.20 bits per heavy atom. The first-order valence-electron chi connectivity index (χ1n) is 10.2. The van der Waals surface area contributed by atoms with Crippen LogP contribution in [0.3, 0.4) is 0 Å². The fourth-order valence-corrected chi connectivity index (χ4v) is 5.67. The number of ether oxygens (including phenoxy) is 1. The van der Waals surface area contributed by atoms with Gasteiger partial charge in [0.2, 0.25) is 0 Å². The van der Waals surface area contributed by atoms with Crippen LogP contribution in [0, 0.1) is 5.92 Å². The SMILES string of the molecule is CCOC(=O)C1=C(C(C)C)N2C(=NC(C)(c3ccc(Cl)cc3)C2c2ccccc2)S1. The first kappa shape index (κ1) is 21.0. The maximum absolute atomic E-state index is 12.7. The summed E-state index contributed by atoms with van der Waals surface area (Å²) in [5.74, 6) is -0.133. The molecule has 4 nitrogen and oxygen atoms in total. The van der Waals surface area contributed by atoms with Crippen LogP contribution in [0.15, 0.2) is 70.2 Å². The van der Waals surface area contributed by atoms with E-state index in [2.05, 4.69) is 37.8 Å². The fraction of sp³-hybridized carbons (Fsp3) is 0.333. The molecule has 0 fully saturated rings. The van der Waals surface area contributed by atoms with Gasteiger partial charge in [-0.15, -0.1) is 0 Å². The summed E-state index contributed by atoms with van der Waals surface area (Å²) in [6, 6.07) is 18.2. The monoisotopic (exact) mass is 440 g/mol. The normalized spacial score (nSPS) is 23.1. The largest absolute Gasteiger partial charge is 0.462 e. The van der Waals surface area contributed by atoms with Crippen molar-refractivity contribution in [2.45, 2.75) is 39.3 Å². The first-order chi connectivity index (χ1) is 14.4. The lowest BCUT2D eigenvalue weighted by molar-refractivity contribution is -0.137. The molecule has 6 heteroatoms. The van der Waals surface area contributed by atoms with Gasteiger partial charge in [0.05, 0.1) is 12.6 Å². The molecule has 0 N–H and O–H groups in total. The van der Waals surface area contributed by atoms with Crippen molar-refractivity contribution in [1.29, 1.82) is 0 Å². The Hall–Kier alpha value is -2.24. The van der Waals surface area contributed by atoms with Crippen molar-refractivity contribution in [3.63, 3.8) is 0 Å². The molecule has 0 amide bonds. The van der Waals surface area contributed by atoms with Crippen LogP contribution in [0.2, 0.25) is 5.02 Å². The van der Waals surface area contributed by atoms with Crippen molar-refractivity contribution in [1.82, 2.24) is 4.90 Å². The van der Waals surface area contributed by atoms with E-state index in [4.69, 9.17) is 21.3 Å². The molecule has 2 heterocycles. The van der Waals surface area contributed by atoms with Crippen LogP contribution in [-0.4, -0.2) is 22.6 Å². The second-order valence-electron chi connectivity index (χ2n) is 7.92. The molecule has 0 saturated carbocycles. The van der Waals surface area contributed by atoms with Crippen LogP contribution in [0.5, 0.6) is 0 Å². The zero-order valence-electron chi connectivity index (χ0n) is 17.6. The van der Waals surface area contributed by atoms with Crippen LogP contribution < -0.4 is 0 Å². The lowest BCUT2D eigenvalue weighted by Gasteiger charge is -2.37. The van der Waals surface area contributed by atoms with Crippen LogP contribution >= 0.6 is 23.4 Å². The molecule has 0 radical (unpaired) electrons. The fourth-order valence-electron chi connectivity index (χ4n) is 4.24. The maximum Gasteiger partial charge on any atom is 0.346 e. The molecule has 2 aromatic rings. The quantitative estimate of drug-likeness (QED) is 0.523. The summed E-state index contributed by atoms with van der Waals surface area (Å²) in [4.78, 5) is 20.8. The second-order valence-corrected chi connectivity index (χ2v) is 9.34. The van der Waals surface area contributed by atoms with Crippen molar-refractivity contribution in [2.75, 3.05) is 6.61 Å². The van der Waals surface area contributed by atoms with Gasteiger partial charge in [-0.3, -0.25) is 0 Å². The number of thioether (sulfide) groups is 1. The minimum atomic E-state index is -0.519. The van der Waals surface area contributed by atoms with Crippen LogP contribution in [0.1, 0.15) is 44.9 Å². The van der Waals surface area contributed by atoms with Gasteiger partial charge in [0, 0.05) is 10.7 Å². The molecule has 2 aliphatic heterocycles. The molecule has 0 bridgehead atoms. The molecule has 156 valence electrons. The lowest BCUT2D eigenvalue weighted by Crippen LogP contribution is -2.36. The summed E-state index contributed by atoms with van der Waals surface area (Å²) in [7, 11) is 0. The van der Waals surface area contributed by atoms with Crippen molar-refractivity contribution in [3.05, 3.63) is 81.3 Å². The van der Waals surface area contributed by atoms with Gasteiger partial charge in [-0.2, -0.15) is 0 Å². The summed E-state index contributed by atoms with van der Waals surface area (Å²) in [6.45, 7) is 8.55. The standard InChI is InChI=1S/C24H25ClN2O2S/c1-5-29-22(28)20-19(15(2)3)27-21(16-9-7-6-8-10-16)24(4,26-23(27)30-20)17-11-13-18(25)14-12-17/h6-15,21H,5H2,1-4H3. The van der Waals surface area contributed by atoms with E-state index in [1.807, 2.05) is 49.4 Å². The number of rotatable bonds is 5. The smallest absolute Gasteiger partial charge is 0.346 e. The Balaban J connectivity index is 1.88. The molecule has 2 atom stereocenters. The van der Waals surface area contributed by atoms with Gasteiger partial charge in [0.25, 0.3) is 0 Å². The van der Waals surface area contributed by atoms with E-state index in [1.54, 1.807) is 0 Å². The predicted molar refractivity (Wildman–Crippen MR) is 123 cm³/mol. The number of hydrogen-bond acceptors (Lipinski definition) is 5. The van der Waals surface area contributed by atoms with Gasteiger partial charge in [0.1, 0.15) is 10.4 Å². The number of amidine groups is 1. The van der Waals surface area contributed by atoms with E-state index in [9.17, 15) is 4.79 Å². The molecule has 4 rings (SSSR count). The van der Waals surface area contributed by atoms with E-state index < -0.39 is 5.54 Å². The van der Waals surface area contributed by atoms with Gasteiger partial charge in [0.15, 0.2) is 5.17 Å². The molecule has 2 aromatic carbocycles. The van der Waals surface area contributed by atoms with Gasteiger partial charge < -0.3 is 9.64 Å². The molecular formula is C24H25ClN2O2S. The number of carbonyl (C=O) groups excluding carboxylic acids is 1. The highest BCUT2D eigenvalue weighted by Crippen LogP contribution is 2.56. The summed E-state index contributed by atoms with van der Waals surface area (Å²) in [5.41, 5.74) is 2.69. The minimum Gasteiger partial charge on any atom is -0.462 e. The molecule has 2 unspecified atom stereocenters. The van der Waals surface area contributed by atoms with Crippen molar-refractivity contribution in [3.8, 4) is 0 Å². The average molecular weight is 441 g/mol. The van der Waals surface area contributed by atoms with Gasteiger partial charge in [-0.05, 0) is 54.8 Å². The number of halogens is 1. The first-order valence-corrected chi connectivity index (χ1v) is 11.4. The van der Waals surface area contributed by atoms with E-state index in [-0.39, 0.29) is 17.9 Å². The number of benzene rings is 2. The summed E-state index contributed by atoms with van der Waals surface area (Å²) in [5, 5.41) is 1.54. The van der Waals surface area contributed by atoms with Gasteiger partial charge >= 0.3 is 5.97 Å². The molecule has 30 heavy (non-hydrogen) atoms. The summed E-state index contributed by atoms with van der Waals surface area (Å²) < 4.78 is 5.35. The van der Waals surface area contributed by atoms with Crippen LogP contribution in [0.25, 0.3) is 0 Å². The number of fused-ring (bicyclic) bond motifs is 1. The van der Waals surface area contributed by atoms with Gasteiger partial charge in [-0.1, -0.05) is 67.9 Å². The van der Waals surface area contributed by atoms with E-state index in [1.165, 1.54) is 11.8 Å². The molecule has 0 saturated heterocycles. The number of nitrogens with zero attached hydrogens (tertiary/aromatic N) is 2. The highest BCUT2D eigenvalue weighted by molar-refractivity contribution is 8.18. The van der Waals surface area contributed by atoms with Crippen molar-refractivity contribution >= 4 is 34.5 Å². The Morgan fingerprint density at radius 3 is 2.47 bits per heavy atom. The number of esters is 1. The average Bonchev–Trinajstić information content (AvgIpc) is 3.22. The number of hydrogen-bond donors (Lipinski definition) is 0. The van der Waals surface area contributed by atoms with E-state index in [0.29, 0.717) is 16.5 Å². The van der Waals surface area contributed by atoms with Crippen LogP contribution in [0.4, 0.5) is 0 Å². The maximum atomic E-state index is 12.7. The molecule has 0 spiro atoms. The highest BCUT2D eigenvalue weighted by Gasteiger charge is 2.53. The summed E-state index contributed by atoms with van der Waals surface area (Å²) >= 11 is 7.57. The zero-order valence-corrected chi connectivity index (χ0v) is 19.1. The van der Waals surface area contributed by atoms with Crippen molar-refractivity contribution in [2.24, 2.45) is 10.9 Å². The Labute approximate surface area is 187 Å². The van der Waals surface area contributed by atoms with Crippen LogP contribution in [-0.2, 0) is 15.1 Å². The number of aliphatic imine (C=N–C) groups is 1. The Morgan fingerprint density at radius 2 is 1.87 bits per heavy atom. The number of allylic oxidation sites excluding steroid dienone is 1. The molecule has 2 aliphatic rings. The molecular weight excluding hydrogens is 416 g/mol. The van der Waals surface area contributed by atoms with E-state index in [0.717, 1.165) is 22.0 Å². The number of carbonyl (C=O) groups is 1. The van der Waals surface area contributed by atoms with Crippen molar-refractivity contribution < 1.29 is 9.53 Å². The highest BCUT2D eigenvalue weighted by atomic mass is 35.5. The Bertz CT molecular complexity index is 1020. The lowest BCUT2D eigenvalue weighted by atomic mass is 9.81. The molecule has 0 aromatic heterocycles. The third-order valence-corrected chi connectivity index (χ3v) is 6.86. The third kappa shape index (κ3) is 3.44. The molecule has 0 aliphatic carbocycles.